The molecule has 140 valence electrons. The molecule has 4 aromatic rings. The highest BCUT2D eigenvalue weighted by molar-refractivity contribution is 6.31. The van der Waals surface area contributed by atoms with Crippen LogP contribution in [-0.4, -0.2) is 32.6 Å². The third-order valence-electron chi connectivity index (χ3n) is 4.62. The fourth-order valence-corrected chi connectivity index (χ4v) is 3.36. The number of aromatic nitrogens is 3. The minimum atomic E-state index is -0.0839. The third-order valence-corrected chi connectivity index (χ3v) is 4.86. The van der Waals surface area contributed by atoms with Crippen molar-refractivity contribution in [3.8, 4) is 5.69 Å². The highest BCUT2D eigenvalue weighted by atomic mass is 35.5. The molecule has 0 fully saturated rings. The van der Waals surface area contributed by atoms with Gasteiger partial charge in [0.05, 0.1) is 28.7 Å². The van der Waals surface area contributed by atoms with E-state index in [2.05, 4.69) is 10.1 Å². The fourth-order valence-electron chi connectivity index (χ4n) is 3.18. The monoisotopic (exact) mass is 390 g/mol. The van der Waals surface area contributed by atoms with Gasteiger partial charge in [0, 0.05) is 35.8 Å². The fraction of sp³-hybridized carbons (Fsp3) is 0.136. The molecule has 0 unspecified atom stereocenters. The number of halogens is 1. The highest BCUT2D eigenvalue weighted by Gasteiger charge is 2.17. The van der Waals surface area contributed by atoms with Crippen molar-refractivity contribution < 1.29 is 4.79 Å². The first kappa shape index (κ1) is 18.2. The smallest absolute Gasteiger partial charge is 0.255 e. The standard InChI is InChI=1S/C22H19ClN4O/c1-15-20(11-17-10-18(23)8-9-21(17)25-15)22(28)26(2)13-16-12-24-27(14-16)19-6-4-3-5-7-19/h3-12,14H,13H2,1-2H3. The molecule has 5 nitrogen and oxygen atoms in total. The van der Waals surface area contributed by atoms with Gasteiger partial charge in [0.15, 0.2) is 0 Å². The number of fused-ring (bicyclic) bond motifs is 1. The third kappa shape index (κ3) is 3.62. The van der Waals surface area contributed by atoms with Crippen LogP contribution in [0, 0.1) is 6.92 Å². The van der Waals surface area contributed by atoms with Gasteiger partial charge in [-0.3, -0.25) is 9.78 Å². The van der Waals surface area contributed by atoms with Crippen molar-refractivity contribution in [2.45, 2.75) is 13.5 Å². The SMILES string of the molecule is Cc1nc2ccc(Cl)cc2cc1C(=O)N(C)Cc1cnn(-c2ccccc2)c1. The van der Waals surface area contributed by atoms with Gasteiger partial charge in [0.25, 0.3) is 5.91 Å². The Morgan fingerprint density at radius 1 is 1.14 bits per heavy atom. The predicted octanol–water partition coefficient (Wildman–Crippen LogP) is 4.65. The van der Waals surface area contributed by atoms with E-state index in [1.54, 1.807) is 28.9 Å². The summed E-state index contributed by atoms with van der Waals surface area (Å²) in [7, 11) is 1.78. The Hall–Kier alpha value is -3.18. The Kier molecular flexibility index (Phi) is 4.84. The topological polar surface area (TPSA) is 51.0 Å². The van der Waals surface area contributed by atoms with Gasteiger partial charge in [0.2, 0.25) is 0 Å². The van der Waals surface area contributed by atoms with Gasteiger partial charge >= 0.3 is 0 Å². The van der Waals surface area contributed by atoms with Crippen LogP contribution in [0.15, 0.2) is 67.0 Å². The zero-order chi connectivity index (χ0) is 19.7. The summed E-state index contributed by atoms with van der Waals surface area (Å²) in [6.45, 7) is 2.31. The first-order valence-corrected chi connectivity index (χ1v) is 9.30. The Morgan fingerprint density at radius 2 is 1.93 bits per heavy atom. The van der Waals surface area contributed by atoms with E-state index in [4.69, 9.17) is 11.6 Å². The number of nitrogens with zero attached hydrogens (tertiary/aromatic N) is 4. The number of hydrogen-bond donors (Lipinski definition) is 0. The van der Waals surface area contributed by atoms with Crippen molar-refractivity contribution in [3.05, 3.63) is 88.8 Å². The molecule has 4 rings (SSSR count). The van der Waals surface area contributed by atoms with Crippen LogP contribution in [0.2, 0.25) is 5.02 Å². The molecule has 0 saturated carbocycles. The molecule has 0 aliphatic rings. The summed E-state index contributed by atoms with van der Waals surface area (Å²) >= 11 is 6.08. The van der Waals surface area contributed by atoms with E-state index >= 15 is 0 Å². The number of para-hydroxylation sites is 1. The lowest BCUT2D eigenvalue weighted by Crippen LogP contribution is -2.27. The number of hydrogen-bond acceptors (Lipinski definition) is 3. The number of carbonyl (C=O) groups is 1. The van der Waals surface area contributed by atoms with Crippen LogP contribution in [0.3, 0.4) is 0 Å². The summed E-state index contributed by atoms with van der Waals surface area (Å²) in [5.41, 5.74) is 4.04. The maximum atomic E-state index is 13.0. The van der Waals surface area contributed by atoms with Gasteiger partial charge in [-0.15, -0.1) is 0 Å². The molecular formula is C22H19ClN4O. The van der Waals surface area contributed by atoms with Crippen molar-refractivity contribution in [2.24, 2.45) is 0 Å². The molecule has 0 saturated heterocycles. The van der Waals surface area contributed by atoms with Crippen molar-refractivity contribution in [1.82, 2.24) is 19.7 Å². The summed E-state index contributed by atoms with van der Waals surface area (Å²) < 4.78 is 1.80. The summed E-state index contributed by atoms with van der Waals surface area (Å²) in [4.78, 5) is 19.2. The molecule has 0 aliphatic carbocycles. The number of carbonyl (C=O) groups excluding carboxylic acids is 1. The lowest BCUT2D eigenvalue weighted by atomic mass is 10.1. The van der Waals surface area contributed by atoms with E-state index in [0.717, 1.165) is 22.2 Å². The van der Waals surface area contributed by atoms with Gasteiger partial charge in [0.1, 0.15) is 0 Å². The maximum Gasteiger partial charge on any atom is 0.255 e. The number of benzene rings is 2. The predicted molar refractivity (Wildman–Crippen MR) is 111 cm³/mol. The van der Waals surface area contributed by atoms with Crippen molar-refractivity contribution in [3.63, 3.8) is 0 Å². The lowest BCUT2D eigenvalue weighted by Gasteiger charge is -2.17. The Labute approximate surface area is 168 Å². The molecule has 2 aromatic carbocycles. The van der Waals surface area contributed by atoms with E-state index in [0.29, 0.717) is 22.8 Å². The van der Waals surface area contributed by atoms with E-state index < -0.39 is 0 Å². The van der Waals surface area contributed by atoms with Crippen molar-refractivity contribution in [1.29, 1.82) is 0 Å². The van der Waals surface area contributed by atoms with E-state index in [1.165, 1.54) is 0 Å². The molecule has 0 spiro atoms. The first-order chi connectivity index (χ1) is 13.5. The average Bonchev–Trinajstić information content (AvgIpc) is 3.16. The molecule has 0 aliphatic heterocycles. The summed E-state index contributed by atoms with van der Waals surface area (Å²) in [5.74, 6) is -0.0839. The Bertz CT molecular complexity index is 1150. The second-order valence-electron chi connectivity index (χ2n) is 6.75. The minimum absolute atomic E-state index is 0.0839. The van der Waals surface area contributed by atoms with Crippen LogP contribution in [0.5, 0.6) is 0 Å². The Balaban J connectivity index is 1.56. The summed E-state index contributed by atoms with van der Waals surface area (Å²) in [6, 6.07) is 17.2. The molecule has 1 amide bonds. The first-order valence-electron chi connectivity index (χ1n) is 8.92. The maximum absolute atomic E-state index is 13.0. The molecule has 0 bridgehead atoms. The second kappa shape index (κ2) is 7.44. The van der Waals surface area contributed by atoms with Gasteiger partial charge in [-0.2, -0.15) is 5.10 Å². The van der Waals surface area contributed by atoms with Crippen LogP contribution >= 0.6 is 11.6 Å². The summed E-state index contributed by atoms with van der Waals surface area (Å²) in [5, 5.41) is 5.87. The van der Waals surface area contributed by atoms with Gasteiger partial charge in [-0.25, -0.2) is 4.68 Å². The minimum Gasteiger partial charge on any atom is -0.337 e. The van der Waals surface area contributed by atoms with E-state index in [1.807, 2.05) is 61.7 Å². The average molecular weight is 391 g/mol. The van der Waals surface area contributed by atoms with Gasteiger partial charge in [-0.05, 0) is 43.3 Å². The molecule has 0 radical (unpaired) electrons. The quantitative estimate of drug-likeness (QED) is 0.509. The zero-order valence-corrected chi connectivity index (χ0v) is 16.4. The zero-order valence-electron chi connectivity index (χ0n) is 15.6. The largest absolute Gasteiger partial charge is 0.337 e. The lowest BCUT2D eigenvalue weighted by molar-refractivity contribution is 0.0784. The molecule has 0 atom stereocenters. The van der Waals surface area contributed by atoms with E-state index in [9.17, 15) is 4.79 Å². The van der Waals surface area contributed by atoms with Crippen LogP contribution in [0.4, 0.5) is 0 Å². The molecule has 2 aromatic heterocycles. The highest BCUT2D eigenvalue weighted by Crippen LogP contribution is 2.22. The van der Waals surface area contributed by atoms with E-state index in [-0.39, 0.29) is 5.91 Å². The number of aryl methyl sites for hydroxylation is 1. The van der Waals surface area contributed by atoms with Crippen LogP contribution in [0.1, 0.15) is 21.6 Å². The normalized spacial score (nSPS) is 11.0. The molecule has 2 heterocycles. The van der Waals surface area contributed by atoms with Crippen LogP contribution in [-0.2, 0) is 6.54 Å². The Morgan fingerprint density at radius 3 is 2.71 bits per heavy atom. The van der Waals surface area contributed by atoms with Crippen LogP contribution in [0.25, 0.3) is 16.6 Å². The van der Waals surface area contributed by atoms with Gasteiger partial charge < -0.3 is 4.90 Å². The number of rotatable bonds is 4. The number of amides is 1. The van der Waals surface area contributed by atoms with Crippen molar-refractivity contribution in [2.75, 3.05) is 7.05 Å². The van der Waals surface area contributed by atoms with Crippen LogP contribution < -0.4 is 0 Å². The van der Waals surface area contributed by atoms with Gasteiger partial charge in [-0.1, -0.05) is 29.8 Å². The summed E-state index contributed by atoms with van der Waals surface area (Å²) in [6.07, 6.45) is 3.71. The molecular weight excluding hydrogens is 372 g/mol. The number of pyridine rings is 1. The van der Waals surface area contributed by atoms with Crippen molar-refractivity contribution >= 4 is 28.4 Å². The second-order valence-corrected chi connectivity index (χ2v) is 7.18. The molecule has 0 N–H and O–H groups in total. The molecule has 28 heavy (non-hydrogen) atoms. The molecule has 6 heteroatoms.